The van der Waals surface area contributed by atoms with E-state index in [4.69, 9.17) is 4.74 Å². The lowest BCUT2D eigenvalue weighted by molar-refractivity contribution is -0.274. The van der Waals surface area contributed by atoms with E-state index in [1.54, 1.807) is 19.9 Å². The van der Waals surface area contributed by atoms with Gasteiger partial charge < -0.3 is 9.47 Å². The van der Waals surface area contributed by atoms with Crippen LogP contribution in [0.4, 0.5) is 13.2 Å². The summed E-state index contributed by atoms with van der Waals surface area (Å²) in [6, 6.07) is 4.03. The fourth-order valence-electron chi connectivity index (χ4n) is 1.24. The molecule has 1 aromatic rings. The van der Waals surface area contributed by atoms with E-state index in [2.05, 4.69) is 11.3 Å². The summed E-state index contributed by atoms with van der Waals surface area (Å²) in [4.78, 5) is 0. The molecule has 0 N–H and O–H groups in total. The molecule has 0 fully saturated rings. The van der Waals surface area contributed by atoms with Crippen LogP contribution in [0.5, 0.6) is 11.5 Å². The Bertz CT molecular complexity index is 397. The second-order valence-corrected chi connectivity index (χ2v) is 3.66. The third kappa shape index (κ3) is 4.80. The van der Waals surface area contributed by atoms with Gasteiger partial charge in [0.05, 0.1) is 6.10 Å². The molecule has 5 heteroatoms. The van der Waals surface area contributed by atoms with Gasteiger partial charge >= 0.3 is 6.36 Å². The lowest BCUT2D eigenvalue weighted by Crippen LogP contribution is -2.17. The minimum atomic E-state index is -4.71. The predicted octanol–water partition coefficient (Wildman–Crippen LogP) is 4.02. The molecule has 2 nitrogen and oxygen atoms in total. The average Bonchev–Trinajstić information content (AvgIpc) is 2.13. The van der Waals surface area contributed by atoms with Crippen LogP contribution in [-0.4, -0.2) is 12.5 Å². The standard InChI is InChI=1S/C12H13F3O2/c1-4-9-5-10(16-8(2)3)7-11(6-9)17-12(13,14)15/h4-8H,1H2,2-3H3. The van der Waals surface area contributed by atoms with Crippen molar-refractivity contribution >= 4 is 6.08 Å². The molecule has 0 atom stereocenters. The minimum Gasteiger partial charge on any atom is -0.491 e. The maximum atomic E-state index is 12.1. The molecule has 0 saturated carbocycles. The molecule has 94 valence electrons. The van der Waals surface area contributed by atoms with E-state index in [0.717, 1.165) is 0 Å². The highest BCUT2D eigenvalue weighted by Crippen LogP contribution is 2.29. The first-order chi connectivity index (χ1) is 7.80. The van der Waals surface area contributed by atoms with Gasteiger partial charge in [0.1, 0.15) is 11.5 Å². The summed E-state index contributed by atoms with van der Waals surface area (Å²) < 4.78 is 45.4. The SMILES string of the molecule is C=Cc1cc(OC(C)C)cc(OC(F)(F)F)c1. The summed E-state index contributed by atoms with van der Waals surface area (Å²) >= 11 is 0. The van der Waals surface area contributed by atoms with Crippen LogP contribution in [0, 0.1) is 0 Å². The molecule has 1 aromatic carbocycles. The van der Waals surface area contributed by atoms with Crippen LogP contribution in [0.2, 0.25) is 0 Å². The summed E-state index contributed by atoms with van der Waals surface area (Å²) in [5.41, 5.74) is 0.502. The summed E-state index contributed by atoms with van der Waals surface area (Å²) in [7, 11) is 0. The molecule has 0 bridgehead atoms. The van der Waals surface area contributed by atoms with Gasteiger partial charge in [-0.3, -0.25) is 0 Å². The zero-order valence-corrected chi connectivity index (χ0v) is 9.54. The predicted molar refractivity (Wildman–Crippen MR) is 59.0 cm³/mol. The third-order valence-electron chi connectivity index (χ3n) is 1.74. The van der Waals surface area contributed by atoms with E-state index < -0.39 is 6.36 Å². The molecule has 17 heavy (non-hydrogen) atoms. The van der Waals surface area contributed by atoms with Gasteiger partial charge in [-0.05, 0) is 31.5 Å². The first-order valence-electron chi connectivity index (χ1n) is 5.00. The Morgan fingerprint density at radius 3 is 2.24 bits per heavy atom. The normalized spacial score (nSPS) is 11.4. The Hall–Kier alpha value is -1.65. The summed E-state index contributed by atoms with van der Waals surface area (Å²) in [5.74, 6) is 0.00204. The zero-order valence-electron chi connectivity index (χ0n) is 9.54. The van der Waals surface area contributed by atoms with E-state index in [1.807, 2.05) is 0 Å². The minimum absolute atomic E-state index is 0.131. The fraction of sp³-hybridized carbons (Fsp3) is 0.333. The van der Waals surface area contributed by atoms with Gasteiger partial charge in [0.25, 0.3) is 0 Å². The summed E-state index contributed by atoms with van der Waals surface area (Å²) in [6.07, 6.45) is -3.42. The molecule has 0 aromatic heterocycles. The molecular formula is C12H13F3O2. The largest absolute Gasteiger partial charge is 0.573 e. The Kier molecular flexibility index (Phi) is 4.04. The number of alkyl halides is 3. The first-order valence-corrected chi connectivity index (χ1v) is 5.00. The number of halogens is 3. The van der Waals surface area contributed by atoms with Crippen LogP contribution in [0.3, 0.4) is 0 Å². The molecular weight excluding hydrogens is 233 g/mol. The van der Waals surface area contributed by atoms with Crippen molar-refractivity contribution in [3.8, 4) is 11.5 Å². The van der Waals surface area contributed by atoms with Crippen molar-refractivity contribution in [1.29, 1.82) is 0 Å². The Morgan fingerprint density at radius 1 is 1.18 bits per heavy atom. The lowest BCUT2D eigenvalue weighted by Gasteiger charge is -2.14. The topological polar surface area (TPSA) is 18.5 Å². The molecule has 0 spiro atoms. The van der Waals surface area contributed by atoms with Gasteiger partial charge in [-0.15, -0.1) is 13.2 Å². The monoisotopic (exact) mass is 246 g/mol. The van der Waals surface area contributed by atoms with Crippen LogP contribution in [0.25, 0.3) is 6.08 Å². The molecule has 0 aliphatic carbocycles. The number of ether oxygens (including phenoxy) is 2. The Morgan fingerprint density at radius 2 is 1.76 bits per heavy atom. The highest BCUT2D eigenvalue weighted by Gasteiger charge is 2.31. The molecule has 0 unspecified atom stereocenters. The molecule has 1 rings (SSSR count). The van der Waals surface area contributed by atoms with Crippen LogP contribution in [-0.2, 0) is 0 Å². The molecule has 0 saturated heterocycles. The average molecular weight is 246 g/mol. The van der Waals surface area contributed by atoms with Crippen molar-refractivity contribution in [3.63, 3.8) is 0 Å². The first kappa shape index (κ1) is 13.4. The van der Waals surface area contributed by atoms with Crippen LogP contribution < -0.4 is 9.47 Å². The van der Waals surface area contributed by atoms with E-state index in [1.165, 1.54) is 18.2 Å². The Labute approximate surface area is 97.7 Å². The van der Waals surface area contributed by atoms with E-state index in [-0.39, 0.29) is 11.9 Å². The molecule has 0 aliphatic heterocycles. The number of hydrogen-bond acceptors (Lipinski definition) is 2. The van der Waals surface area contributed by atoms with Crippen molar-refractivity contribution in [1.82, 2.24) is 0 Å². The van der Waals surface area contributed by atoms with Crippen molar-refractivity contribution < 1.29 is 22.6 Å². The maximum absolute atomic E-state index is 12.1. The maximum Gasteiger partial charge on any atom is 0.573 e. The fourth-order valence-corrected chi connectivity index (χ4v) is 1.24. The van der Waals surface area contributed by atoms with Crippen molar-refractivity contribution in [2.75, 3.05) is 0 Å². The smallest absolute Gasteiger partial charge is 0.491 e. The van der Waals surface area contributed by atoms with Gasteiger partial charge in [0.2, 0.25) is 0 Å². The molecule has 0 aliphatic rings. The van der Waals surface area contributed by atoms with Gasteiger partial charge in [0.15, 0.2) is 0 Å². The summed E-state index contributed by atoms with van der Waals surface area (Å²) in [5, 5.41) is 0. The zero-order chi connectivity index (χ0) is 13.1. The second-order valence-electron chi connectivity index (χ2n) is 3.66. The van der Waals surface area contributed by atoms with Crippen molar-refractivity contribution in [3.05, 3.63) is 30.3 Å². The molecule has 0 heterocycles. The van der Waals surface area contributed by atoms with E-state index in [9.17, 15) is 13.2 Å². The van der Waals surface area contributed by atoms with Crippen molar-refractivity contribution in [2.45, 2.75) is 26.3 Å². The molecule has 0 radical (unpaired) electrons. The number of hydrogen-bond donors (Lipinski definition) is 0. The van der Waals surface area contributed by atoms with E-state index >= 15 is 0 Å². The lowest BCUT2D eigenvalue weighted by atomic mass is 10.2. The van der Waals surface area contributed by atoms with Crippen LogP contribution in [0.15, 0.2) is 24.8 Å². The highest BCUT2D eigenvalue weighted by molar-refractivity contribution is 5.53. The summed E-state index contributed by atoms with van der Waals surface area (Å²) in [6.45, 7) is 7.06. The van der Waals surface area contributed by atoms with Crippen molar-refractivity contribution in [2.24, 2.45) is 0 Å². The van der Waals surface area contributed by atoms with Gasteiger partial charge in [-0.25, -0.2) is 0 Å². The van der Waals surface area contributed by atoms with Gasteiger partial charge in [-0.1, -0.05) is 12.7 Å². The number of rotatable bonds is 4. The number of benzene rings is 1. The second kappa shape index (κ2) is 5.12. The molecule has 0 amide bonds. The third-order valence-corrected chi connectivity index (χ3v) is 1.74. The quantitative estimate of drug-likeness (QED) is 0.799. The van der Waals surface area contributed by atoms with Crippen LogP contribution in [0.1, 0.15) is 19.4 Å². The Balaban J connectivity index is 3.01. The van der Waals surface area contributed by atoms with E-state index in [0.29, 0.717) is 11.3 Å². The van der Waals surface area contributed by atoms with Gasteiger partial charge in [-0.2, -0.15) is 0 Å². The van der Waals surface area contributed by atoms with Crippen LogP contribution >= 0.6 is 0 Å². The van der Waals surface area contributed by atoms with Gasteiger partial charge in [0, 0.05) is 6.07 Å². The highest BCUT2D eigenvalue weighted by atomic mass is 19.4.